The fraction of sp³-hybridized carbons (Fsp3) is 0.900. The smallest absolute Gasteiger partial charge is 0.248 e. The van der Waals surface area contributed by atoms with Crippen molar-refractivity contribution in [3.63, 3.8) is 0 Å². The second-order valence-electron chi connectivity index (χ2n) is 4.28. The molecule has 0 heterocycles. The van der Waals surface area contributed by atoms with Crippen LogP contribution in [0.2, 0.25) is 0 Å². The molecule has 0 aromatic heterocycles. The molecular formula is C10H18F2N2O. The van der Waals surface area contributed by atoms with Gasteiger partial charge in [-0.3, -0.25) is 4.79 Å². The van der Waals surface area contributed by atoms with Crippen molar-refractivity contribution >= 4 is 5.91 Å². The van der Waals surface area contributed by atoms with Crippen LogP contribution in [0.25, 0.3) is 0 Å². The van der Waals surface area contributed by atoms with Crippen molar-refractivity contribution in [1.82, 2.24) is 5.32 Å². The molecule has 0 aliphatic heterocycles. The van der Waals surface area contributed by atoms with Gasteiger partial charge in [-0.25, -0.2) is 8.78 Å². The first kappa shape index (κ1) is 12.4. The van der Waals surface area contributed by atoms with Crippen LogP contribution in [-0.2, 0) is 4.79 Å². The predicted molar refractivity (Wildman–Crippen MR) is 53.6 cm³/mol. The van der Waals surface area contributed by atoms with Crippen molar-refractivity contribution in [3.8, 4) is 0 Å². The Labute approximate surface area is 88.4 Å². The first-order valence-electron chi connectivity index (χ1n) is 5.33. The van der Waals surface area contributed by atoms with Crippen LogP contribution >= 0.6 is 0 Å². The summed E-state index contributed by atoms with van der Waals surface area (Å²) in [5, 5.41) is 2.72. The third-order valence-electron chi connectivity index (χ3n) is 2.83. The average Bonchev–Trinajstić information content (AvgIpc) is 2.17. The van der Waals surface area contributed by atoms with Gasteiger partial charge in [-0.15, -0.1) is 0 Å². The third kappa shape index (κ3) is 3.74. The Hall–Kier alpha value is -0.710. The number of nitrogens with one attached hydrogen (secondary N) is 1. The van der Waals surface area contributed by atoms with E-state index in [1.165, 1.54) is 0 Å². The maximum absolute atomic E-state index is 12.8. The third-order valence-corrected chi connectivity index (χ3v) is 2.83. The molecule has 0 aromatic rings. The van der Waals surface area contributed by atoms with Crippen LogP contribution in [0, 0.1) is 5.92 Å². The number of hydrogen-bond donors (Lipinski definition) is 2. The number of carbonyl (C=O) groups excluding carboxylic acids is 1. The van der Waals surface area contributed by atoms with E-state index in [1.54, 1.807) is 6.92 Å². The Morgan fingerprint density at radius 3 is 2.53 bits per heavy atom. The van der Waals surface area contributed by atoms with E-state index < -0.39 is 5.92 Å². The van der Waals surface area contributed by atoms with Crippen molar-refractivity contribution in [2.24, 2.45) is 11.7 Å². The standard InChI is InChI=1S/C10H18F2N2O/c1-7(6-13)14-9(15)8-2-4-10(11,12)5-3-8/h7-8H,2-6,13H2,1H3,(H,14,15)/t7-/m1/s1. The molecular weight excluding hydrogens is 202 g/mol. The van der Waals surface area contributed by atoms with Gasteiger partial charge < -0.3 is 11.1 Å². The molecule has 0 aromatic carbocycles. The van der Waals surface area contributed by atoms with Crippen molar-refractivity contribution in [2.75, 3.05) is 6.54 Å². The number of hydrogen-bond acceptors (Lipinski definition) is 2. The monoisotopic (exact) mass is 220 g/mol. The molecule has 88 valence electrons. The van der Waals surface area contributed by atoms with Crippen molar-refractivity contribution in [2.45, 2.75) is 44.6 Å². The van der Waals surface area contributed by atoms with Gasteiger partial charge in [-0.2, -0.15) is 0 Å². The average molecular weight is 220 g/mol. The normalized spacial score (nSPS) is 23.5. The van der Waals surface area contributed by atoms with Gasteiger partial charge in [0, 0.05) is 31.3 Å². The Morgan fingerprint density at radius 1 is 1.53 bits per heavy atom. The Morgan fingerprint density at radius 2 is 2.07 bits per heavy atom. The van der Waals surface area contributed by atoms with Crippen LogP contribution in [0.1, 0.15) is 32.6 Å². The van der Waals surface area contributed by atoms with E-state index in [9.17, 15) is 13.6 Å². The number of nitrogens with two attached hydrogens (primary N) is 1. The summed E-state index contributed by atoms with van der Waals surface area (Å²) in [5.74, 6) is -2.97. The molecule has 3 N–H and O–H groups in total. The van der Waals surface area contributed by atoms with Crippen LogP contribution in [0.15, 0.2) is 0 Å². The lowest BCUT2D eigenvalue weighted by atomic mass is 9.86. The largest absolute Gasteiger partial charge is 0.352 e. The fourth-order valence-electron chi connectivity index (χ4n) is 1.72. The number of rotatable bonds is 3. The molecule has 1 atom stereocenters. The summed E-state index contributed by atoms with van der Waals surface area (Å²) < 4.78 is 25.6. The highest BCUT2D eigenvalue weighted by molar-refractivity contribution is 5.79. The maximum atomic E-state index is 12.8. The quantitative estimate of drug-likeness (QED) is 0.752. The first-order chi connectivity index (χ1) is 6.94. The summed E-state index contributed by atoms with van der Waals surface area (Å²) in [7, 11) is 0. The SMILES string of the molecule is C[C@H](CN)NC(=O)C1CCC(F)(F)CC1. The molecule has 1 fully saturated rings. The number of amides is 1. The lowest BCUT2D eigenvalue weighted by Crippen LogP contribution is -2.43. The molecule has 15 heavy (non-hydrogen) atoms. The number of alkyl halides is 2. The summed E-state index contributed by atoms with van der Waals surface area (Å²) in [6.45, 7) is 2.17. The molecule has 0 spiro atoms. The highest BCUT2D eigenvalue weighted by Crippen LogP contribution is 2.36. The first-order valence-corrected chi connectivity index (χ1v) is 5.33. The van der Waals surface area contributed by atoms with E-state index in [0.717, 1.165) is 0 Å². The Kier molecular flexibility index (Phi) is 4.02. The molecule has 0 saturated heterocycles. The lowest BCUT2D eigenvalue weighted by molar-refractivity contribution is -0.129. The van der Waals surface area contributed by atoms with E-state index in [4.69, 9.17) is 5.73 Å². The zero-order chi connectivity index (χ0) is 11.5. The van der Waals surface area contributed by atoms with Crippen LogP contribution in [0.4, 0.5) is 8.78 Å². The maximum Gasteiger partial charge on any atom is 0.248 e. The Bertz CT molecular complexity index is 223. The lowest BCUT2D eigenvalue weighted by Gasteiger charge is -2.28. The van der Waals surface area contributed by atoms with E-state index in [2.05, 4.69) is 5.32 Å². The molecule has 1 aliphatic rings. The molecule has 5 heteroatoms. The van der Waals surface area contributed by atoms with Gasteiger partial charge >= 0.3 is 0 Å². The van der Waals surface area contributed by atoms with Crippen LogP contribution in [0.5, 0.6) is 0 Å². The van der Waals surface area contributed by atoms with Gasteiger partial charge in [0.25, 0.3) is 0 Å². The van der Waals surface area contributed by atoms with Crippen molar-refractivity contribution < 1.29 is 13.6 Å². The Balaban J connectivity index is 2.36. The van der Waals surface area contributed by atoms with Crippen molar-refractivity contribution in [3.05, 3.63) is 0 Å². The van der Waals surface area contributed by atoms with Gasteiger partial charge in [-0.05, 0) is 19.8 Å². The van der Waals surface area contributed by atoms with Gasteiger partial charge in [0.15, 0.2) is 0 Å². The second-order valence-corrected chi connectivity index (χ2v) is 4.28. The number of carbonyl (C=O) groups is 1. The van der Waals surface area contributed by atoms with E-state index in [-0.39, 0.29) is 43.6 Å². The predicted octanol–water partition coefficient (Wildman–Crippen LogP) is 1.28. The minimum absolute atomic E-state index is 0.0834. The molecule has 1 amide bonds. The molecule has 0 radical (unpaired) electrons. The minimum Gasteiger partial charge on any atom is -0.352 e. The van der Waals surface area contributed by atoms with Crippen LogP contribution in [0.3, 0.4) is 0 Å². The highest BCUT2D eigenvalue weighted by atomic mass is 19.3. The van der Waals surface area contributed by atoms with E-state index >= 15 is 0 Å². The molecule has 0 bridgehead atoms. The molecule has 3 nitrogen and oxygen atoms in total. The topological polar surface area (TPSA) is 55.1 Å². The number of halogens is 2. The fourth-order valence-corrected chi connectivity index (χ4v) is 1.72. The van der Waals surface area contributed by atoms with Gasteiger partial charge in [0.05, 0.1) is 0 Å². The zero-order valence-corrected chi connectivity index (χ0v) is 8.93. The summed E-state index contributed by atoms with van der Waals surface area (Å²) in [6, 6.07) is -0.0834. The molecule has 0 unspecified atom stereocenters. The van der Waals surface area contributed by atoms with E-state index in [0.29, 0.717) is 6.54 Å². The van der Waals surface area contributed by atoms with Crippen LogP contribution < -0.4 is 11.1 Å². The van der Waals surface area contributed by atoms with Crippen molar-refractivity contribution in [1.29, 1.82) is 0 Å². The van der Waals surface area contributed by atoms with Gasteiger partial charge in [-0.1, -0.05) is 0 Å². The minimum atomic E-state index is -2.57. The van der Waals surface area contributed by atoms with E-state index in [1.807, 2.05) is 0 Å². The van der Waals surface area contributed by atoms with Gasteiger partial charge in [0.2, 0.25) is 11.8 Å². The van der Waals surface area contributed by atoms with Crippen LogP contribution in [-0.4, -0.2) is 24.4 Å². The summed E-state index contributed by atoms with van der Waals surface area (Å²) >= 11 is 0. The summed E-state index contributed by atoms with van der Waals surface area (Å²) in [6.07, 6.45) is 0.191. The summed E-state index contributed by atoms with van der Waals surface area (Å²) in [4.78, 5) is 11.6. The molecule has 1 rings (SSSR count). The van der Waals surface area contributed by atoms with Gasteiger partial charge in [0.1, 0.15) is 0 Å². The summed E-state index contributed by atoms with van der Waals surface area (Å²) in [5.41, 5.74) is 5.36. The zero-order valence-electron chi connectivity index (χ0n) is 8.93. The second kappa shape index (κ2) is 4.88. The molecule has 1 saturated carbocycles. The highest BCUT2D eigenvalue weighted by Gasteiger charge is 2.37. The molecule has 1 aliphatic carbocycles.